The highest BCUT2D eigenvalue weighted by Gasteiger charge is 2.51. The van der Waals surface area contributed by atoms with E-state index >= 15 is 0 Å². The maximum atomic E-state index is 12.5. The van der Waals surface area contributed by atoms with Crippen LogP contribution in [-0.4, -0.2) is 142 Å². The van der Waals surface area contributed by atoms with Crippen molar-refractivity contribution in [2.24, 2.45) is 0 Å². The van der Waals surface area contributed by atoms with E-state index in [-0.39, 0.29) is 36.0 Å². The van der Waals surface area contributed by atoms with Gasteiger partial charge in [0.1, 0.15) is 55.4 Å². The van der Waals surface area contributed by atoms with Gasteiger partial charge in [0, 0.05) is 6.08 Å². The van der Waals surface area contributed by atoms with Crippen LogP contribution in [0.1, 0.15) is 11.1 Å². The lowest BCUT2D eigenvalue weighted by molar-refractivity contribution is -0.360. The summed E-state index contributed by atoms with van der Waals surface area (Å²) in [5.41, 5.74) is 1.17. The first kappa shape index (κ1) is 36.3. The number of rotatable bonds is 13. The van der Waals surface area contributed by atoms with E-state index in [1.807, 2.05) is 0 Å². The highest BCUT2D eigenvalue weighted by atomic mass is 16.7. The Hall–Kier alpha value is -3.55. The van der Waals surface area contributed by atoms with Crippen molar-refractivity contribution in [2.75, 3.05) is 34.0 Å². The molecule has 16 heteroatoms. The summed E-state index contributed by atoms with van der Waals surface area (Å²) in [5.74, 6) is -0.536. The second-order valence-electron chi connectivity index (χ2n) is 10.8. The summed E-state index contributed by atoms with van der Waals surface area (Å²) in [6, 6.07) is 9.14. The Morgan fingerprint density at radius 3 is 2.21 bits per heavy atom. The van der Waals surface area contributed by atoms with Gasteiger partial charge in [0.25, 0.3) is 0 Å². The molecule has 0 aliphatic carbocycles. The SMILES string of the molecule is COc1ccc(CCO[C@@H]2O[C@H](COC(=O)/C=C/c3ccc(O)c(OC)c3)[C@@H](O)[C@H](O[C@H]3O[C@H](CO)[C@@H](O)[C@@H](O)[C@H]3O)[C@H]2O)cc1O. The summed E-state index contributed by atoms with van der Waals surface area (Å²) in [6.45, 7) is -1.34. The standard InChI is InChI=1S/C31H40O16/c1-41-19-7-4-16(11-18(19)34)9-10-43-30-28(40)29(47-31-27(39)26(38)24(36)21(13-32)45-31)25(37)22(46-30)14-44-23(35)8-5-15-3-6-17(33)20(12-15)42-2/h3-8,11-12,21-22,24-34,36-40H,9-10,13-14H2,1-2H3/b8-5+/t21-,22-,24-,25-,26-,27-,28-,29+,30-,31-/m1/s1. The van der Waals surface area contributed by atoms with Gasteiger partial charge in [0.15, 0.2) is 35.6 Å². The van der Waals surface area contributed by atoms with Crippen LogP contribution in [0.4, 0.5) is 0 Å². The Morgan fingerprint density at radius 2 is 1.53 bits per heavy atom. The van der Waals surface area contributed by atoms with E-state index < -0.39 is 80.6 Å². The number of hydrogen-bond donors (Lipinski definition) is 8. The topological polar surface area (TPSA) is 244 Å². The van der Waals surface area contributed by atoms with Crippen molar-refractivity contribution in [3.63, 3.8) is 0 Å². The summed E-state index contributed by atoms with van der Waals surface area (Å²) in [7, 11) is 2.78. The van der Waals surface area contributed by atoms with Crippen molar-refractivity contribution in [2.45, 2.75) is 67.8 Å². The Labute approximate surface area is 269 Å². The molecule has 0 radical (unpaired) electrons. The number of hydrogen-bond acceptors (Lipinski definition) is 16. The molecule has 0 unspecified atom stereocenters. The van der Waals surface area contributed by atoms with Crippen LogP contribution in [0, 0.1) is 0 Å². The molecule has 2 aliphatic heterocycles. The van der Waals surface area contributed by atoms with Crippen LogP contribution >= 0.6 is 0 Å². The Balaban J connectivity index is 1.46. The minimum atomic E-state index is -1.84. The number of benzene rings is 2. The molecule has 260 valence electrons. The summed E-state index contributed by atoms with van der Waals surface area (Å²) in [5, 5.41) is 82.3. The average molecular weight is 669 g/mol. The number of methoxy groups -OCH3 is 2. The minimum Gasteiger partial charge on any atom is -0.504 e. The fourth-order valence-electron chi connectivity index (χ4n) is 5.03. The van der Waals surface area contributed by atoms with Crippen molar-refractivity contribution in [3.05, 3.63) is 53.6 Å². The van der Waals surface area contributed by atoms with Gasteiger partial charge in [0.05, 0.1) is 27.4 Å². The van der Waals surface area contributed by atoms with Crippen LogP contribution < -0.4 is 9.47 Å². The number of phenols is 2. The van der Waals surface area contributed by atoms with Crippen molar-refractivity contribution < 1.29 is 78.8 Å². The lowest BCUT2D eigenvalue weighted by Gasteiger charge is -2.46. The molecule has 4 rings (SSSR count). The molecule has 0 spiro atoms. The lowest BCUT2D eigenvalue weighted by atomic mass is 9.97. The normalized spacial score (nSPS) is 31.1. The molecule has 2 heterocycles. The monoisotopic (exact) mass is 668 g/mol. The van der Waals surface area contributed by atoms with Gasteiger partial charge in [-0.2, -0.15) is 0 Å². The quantitative estimate of drug-likeness (QED) is 0.0900. The summed E-state index contributed by atoms with van der Waals surface area (Å²) < 4.78 is 37.9. The highest BCUT2D eigenvalue weighted by molar-refractivity contribution is 5.87. The minimum absolute atomic E-state index is 0.0539. The van der Waals surface area contributed by atoms with E-state index in [4.69, 9.17) is 33.2 Å². The predicted molar refractivity (Wildman–Crippen MR) is 158 cm³/mol. The fraction of sp³-hybridized carbons (Fsp3) is 0.516. The zero-order valence-electron chi connectivity index (χ0n) is 25.6. The van der Waals surface area contributed by atoms with Crippen molar-refractivity contribution in [1.29, 1.82) is 0 Å². The molecule has 2 aromatic carbocycles. The molecule has 0 amide bonds. The van der Waals surface area contributed by atoms with E-state index in [1.54, 1.807) is 12.1 Å². The van der Waals surface area contributed by atoms with Gasteiger partial charge in [-0.05, 0) is 47.9 Å². The van der Waals surface area contributed by atoms with Gasteiger partial charge in [0.2, 0.25) is 0 Å². The van der Waals surface area contributed by atoms with E-state index in [0.29, 0.717) is 11.1 Å². The molecule has 0 saturated carbocycles. The van der Waals surface area contributed by atoms with Crippen LogP contribution in [0.25, 0.3) is 6.08 Å². The van der Waals surface area contributed by atoms with Gasteiger partial charge in [-0.25, -0.2) is 4.79 Å². The zero-order valence-corrected chi connectivity index (χ0v) is 25.6. The zero-order chi connectivity index (χ0) is 34.2. The number of ether oxygens (including phenoxy) is 7. The number of esters is 1. The van der Waals surface area contributed by atoms with Crippen LogP contribution in [0.2, 0.25) is 0 Å². The Kier molecular flexibility index (Phi) is 12.8. The van der Waals surface area contributed by atoms with Gasteiger partial charge in [-0.3, -0.25) is 0 Å². The molecule has 0 bridgehead atoms. The molecule has 0 aromatic heterocycles. The van der Waals surface area contributed by atoms with Crippen molar-refractivity contribution in [1.82, 2.24) is 0 Å². The summed E-state index contributed by atoms with van der Waals surface area (Å²) >= 11 is 0. The molecule has 47 heavy (non-hydrogen) atoms. The number of aliphatic hydroxyl groups is 6. The first-order valence-corrected chi connectivity index (χ1v) is 14.6. The third-order valence-electron chi connectivity index (χ3n) is 7.70. The second kappa shape index (κ2) is 16.5. The number of carbonyl (C=O) groups is 1. The number of aliphatic hydroxyl groups excluding tert-OH is 6. The second-order valence-corrected chi connectivity index (χ2v) is 10.8. The van der Waals surface area contributed by atoms with Crippen molar-refractivity contribution in [3.8, 4) is 23.0 Å². The van der Waals surface area contributed by atoms with Gasteiger partial charge < -0.3 is 74.0 Å². The van der Waals surface area contributed by atoms with E-state index in [2.05, 4.69) is 0 Å². The molecular weight excluding hydrogens is 628 g/mol. The largest absolute Gasteiger partial charge is 0.504 e. The predicted octanol–water partition coefficient (Wildman–Crippen LogP) is -1.44. The van der Waals surface area contributed by atoms with Crippen LogP contribution in [0.3, 0.4) is 0 Å². The fourth-order valence-corrected chi connectivity index (χ4v) is 5.03. The van der Waals surface area contributed by atoms with Crippen LogP contribution in [-0.2, 0) is 34.9 Å². The molecule has 16 nitrogen and oxygen atoms in total. The molecule has 10 atom stereocenters. The molecule has 8 N–H and O–H groups in total. The maximum Gasteiger partial charge on any atom is 0.330 e. The number of phenolic OH excluding ortho intramolecular Hbond substituents is 2. The molecular formula is C31H40O16. The molecule has 2 fully saturated rings. The first-order chi connectivity index (χ1) is 22.5. The number of carbonyl (C=O) groups excluding carboxylic acids is 1. The maximum absolute atomic E-state index is 12.5. The van der Waals surface area contributed by atoms with E-state index in [0.717, 1.165) is 6.08 Å². The summed E-state index contributed by atoms with van der Waals surface area (Å²) in [4.78, 5) is 12.5. The van der Waals surface area contributed by atoms with Gasteiger partial charge in [-0.15, -0.1) is 0 Å². The smallest absolute Gasteiger partial charge is 0.330 e. The third-order valence-corrected chi connectivity index (χ3v) is 7.70. The Morgan fingerprint density at radius 1 is 0.809 bits per heavy atom. The number of aromatic hydroxyl groups is 2. The lowest BCUT2D eigenvalue weighted by Crippen LogP contribution is -2.65. The highest BCUT2D eigenvalue weighted by Crippen LogP contribution is 2.31. The Bertz CT molecular complexity index is 1350. The van der Waals surface area contributed by atoms with E-state index in [9.17, 15) is 45.6 Å². The first-order valence-electron chi connectivity index (χ1n) is 14.6. The van der Waals surface area contributed by atoms with Crippen LogP contribution in [0.5, 0.6) is 23.0 Å². The average Bonchev–Trinajstić information content (AvgIpc) is 3.06. The molecule has 2 aromatic rings. The third kappa shape index (κ3) is 8.88. The van der Waals surface area contributed by atoms with Gasteiger partial charge in [-0.1, -0.05) is 12.1 Å². The molecule has 2 saturated heterocycles. The summed E-state index contributed by atoms with van der Waals surface area (Å²) in [6.07, 6.45) is -13.4. The van der Waals surface area contributed by atoms with Crippen molar-refractivity contribution >= 4 is 12.0 Å². The van der Waals surface area contributed by atoms with E-state index in [1.165, 1.54) is 44.6 Å². The van der Waals surface area contributed by atoms with Crippen LogP contribution in [0.15, 0.2) is 42.5 Å². The van der Waals surface area contributed by atoms with Gasteiger partial charge >= 0.3 is 5.97 Å². The molecule has 2 aliphatic rings.